The largest absolute Gasteiger partial charge is 0.490 e. The predicted molar refractivity (Wildman–Crippen MR) is 131 cm³/mol. The Morgan fingerprint density at radius 3 is 2.65 bits per heavy atom. The summed E-state index contributed by atoms with van der Waals surface area (Å²) in [6.07, 6.45) is 3.44. The van der Waals surface area contributed by atoms with Crippen molar-refractivity contribution >= 4 is 28.9 Å². The lowest BCUT2D eigenvalue weighted by Crippen LogP contribution is -2.44. The van der Waals surface area contributed by atoms with Crippen LogP contribution < -0.4 is 19.3 Å². The first-order valence-corrected chi connectivity index (χ1v) is 12.0. The number of carboxylic acids is 1. The summed E-state index contributed by atoms with van der Waals surface area (Å²) in [4.78, 5) is 19.8. The minimum Gasteiger partial charge on any atom is -0.490 e. The Hall–Kier alpha value is -2.71. The summed E-state index contributed by atoms with van der Waals surface area (Å²) < 4.78 is 17.1. The first-order chi connectivity index (χ1) is 16.4. The summed E-state index contributed by atoms with van der Waals surface area (Å²) in [6, 6.07) is 9.75. The van der Waals surface area contributed by atoms with Crippen molar-refractivity contribution in [3.63, 3.8) is 0 Å². The highest BCUT2D eigenvalue weighted by Gasteiger charge is 2.34. The maximum absolute atomic E-state index is 11.3. The number of anilines is 2. The molecule has 3 heterocycles. The molecule has 4 unspecified atom stereocenters. The third-order valence-electron chi connectivity index (χ3n) is 6.76. The Kier molecular flexibility index (Phi) is 7.68. The molecular weight excluding hydrogens is 458 g/mol. The molecule has 34 heavy (non-hydrogen) atoms. The van der Waals surface area contributed by atoms with Crippen LogP contribution in [0.15, 0.2) is 36.5 Å². The van der Waals surface area contributed by atoms with Crippen LogP contribution in [0, 0.1) is 5.92 Å². The fourth-order valence-corrected chi connectivity index (χ4v) is 5.15. The van der Waals surface area contributed by atoms with Crippen molar-refractivity contribution in [3.8, 4) is 11.6 Å². The van der Waals surface area contributed by atoms with Crippen LogP contribution in [0.3, 0.4) is 0 Å². The van der Waals surface area contributed by atoms with Gasteiger partial charge in [-0.2, -0.15) is 0 Å². The van der Waals surface area contributed by atoms with E-state index < -0.39 is 5.97 Å². The van der Waals surface area contributed by atoms with Crippen LogP contribution in [0.25, 0.3) is 0 Å². The van der Waals surface area contributed by atoms with Crippen LogP contribution in [0.5, 0.6) is 11.6 Å². The molecule has 0 saturated carbocycles. The lowest BCUT2D eigenvalue weighted by atomic mass is 9.96. The van der Waals surface area contributed by atoms with Gasteiger partial charge in [0.1, 0.15) is 11.9 Å². The molecule has 2 aliphatic heterocycles. The Balaban J connectivity index is 1.38. The van der Waals surface area contributed by atoms with Crippen molar-refractivity contribution in [3.05, 3.63) is 41.6 Å². The Morgan fingerprint density at radius 1 is 1.24 bits per heavy atom. The van der Waals surface area contributed by atoms with E-state index in [0.29, 0.717) is 29.8 Å². The third-order valence-corrected chi connectivity index (χ3v) is 7.05. The van der Waals surface area contributed by atoms with E-state index in [1.807, 2.05) is 30.3 Å². The van der Waals surface area contributed by atoms with Crippen LogP contribution in [-0.4, -0.2) is 68.2 Å². The zero-order valence-electron chi connectivity index (χ0n) is 19.8. The van der Waals surface area contributed by atoms with E-state index in [2.05, 4.69) is 21.7 Å². The molecule has 2 aromatic rings. The van der Waals surface area contributed by atoms with E-state index in [1.165, 1.54) is 0 Å². The van der Waals surface area contributed by atoms with Gasteiger partial charge in [-0.05, 0) is 30.7 Å². The maximum atomic E-state index is 11.3. The summed E-state index contributed by atoms with van der Waals surface area (Å²) in [7, 11) is 3.27. The monoisotopic (exact) mass is 489 g/mol. The number of aromatic nitrogens is 1. The van der Waals surface area contributed by atoms with Gasteiger partial charge in [0.2, 0.25) is 5.88 Å². The average Bonchev–Trinajstić information content (AvgIpc) is 3.23. The summed E-state index contributed by atoms with van der Waals surface area (Å²) in [5, 5.41) is 9.89. The van der Waals surface area contributed by atoms with Crippen LogP contribution in [0.2, 0.25) is 5.02 Å². The normalized spacial score (nSPS) is 24.8. The molecule has 0 amide bonds. The molecule has 4 atom stereocenters. The third kappa shape index (κ3) is 5.50. The summed E-state index contributed by atoms with van der Waals surface area (Å²) >= 11 is 6.39. The smallest absolute Gasteiger partial charge is 0.305 e. The molecule has 1 aromatic heterocycles. The van der Waals surface area contributed by atoms with Crippen molar-refractivity contribution in [1.29, 1.82) is 0 Å². The Morgan fingerprint density at radius 2 is 2.00 bits per heavy atom. The molecule has 8 nitrogen and oxygen atoms in total. The highest BCUT2D eigenvalue weighted by molar-refractivity contribution is 6.33. The SMILES string of the molecule is COc1cc(N2CCC(Oc3ccc(N4CC(OC)CC4CC(=O)O)cc3)C(C)C2)c(Cl)cn1. The van der Waals surface area contributed by atoms with Gasteiger partial charge in [0.05, 0.1) is 36.5 Å². The number of hydrogen-bond donors (Lipinski definition) is 1. The fraction of sp³-hybridized carbons (Fsp3) is 0.520. The summed E-state index contributed by atoms with van der Waals surface area (Å²) in [6.45, 7) is 4.51. The van der Waals surface area contributed by atoms with E-state index in [1.54, 1.807) is 20.4 Å². The van der Waals surface area contributed by atoms with Gasteiger partial charge >= 0.3 is 5.97 Å². The molecule has 0 spiro atoms. The van der Waals surface area contributed by atoms with E-state index in [9.17, 15) is 9.90 Å². The number of carboxylic acid groups (broad SMARTS) is 1. The van der Waals surface area contributed by atoms with Crippen LogP contribution in [-0.2, 0) is 9.53 Å². The van der Waals surface area contributed by atoms with E-state index >= 15 is 0 Å². The standard InChI is InChI=1S/C25H32ClN3O5/c1-16-14-28(22-12-24(33-3)27-13-21(22)26)9-8-23(16)34-19-6-4-17(5-7-19)29-15-20(32-2)10-18(29)11-25(30)31/h4-7,12-13,16,18,20,23H,8-11,14-15H2,1-3H3,(H,30,31). The van der Waals surface area contributed by atoms with Gasteiger partial charge in [-0.15, -0.1) is 0 Å². The fourth-order valence-electron chi connectivity index (χ4n) is 4.93. The van der Waals surface area contributed by atoms with E-state index in [-0.39, 0.29) is 24.7 Å². The van der Waals surface area contributed by atoms with Gasteiger partial charge in [0, 0.05) is 56.9 Å². The second-order valence-electron chi connectivity index (χ2n) is 9.04. The van der Waals surface area contributed by atoms with Crippen LogP contribution in [0.4, 0.5) is 11.4 Å². The number of methoxy groups -OCH3 is 2. The van der Waals surface area contributed by atoms with Gasteiger partial charge < -0.3 is 29.1 Å². The minimum atomic E-state index is -0.793. The molecule has 4 rings (SSSR count). The van der Waals surface area contributed by atoms with Crippen molar-refractivity contribution in [2.45, 2.75) is 44.4 Å². The molecule has 2 fully saturated rings. The highest BCUT2D eigenvalue weighted by atomic mass is 35.5. The molecule has 0 bridgehead atoms. The van der Waals surface area contributed by atoms with Gasteiger partial charge in [0.15, 0.2) is 0 Å². The summed E-state index contributed by atoms with van der Waals surface area (Å²) in [5.74, 6) is 0.865. The van der Waals surface area contributed by atoms with Crippen molar-refractivity contribution < 1.29 is 24.1 Å². The predicted octanol–water partition coefficient (Wildman–Crippen LogP) is 4.11. The highest BCUT2D eigenvalue weighted by Crippen LogP contribution is 2.34. The van der Waals surface area contributed by atoms with Crippen LogP contribution in [0.1, 0.15) is 26.2 Å². The maximum Gasteiger partial charge on any atom is 0.305 e. The van der Waals surface area contributed by atoms with Gasteiger partial charge in [-0.3, -0.25) is 4.79 Å². The zero-order chi connectivity index (χ0) is 24.2. The van der Waals surface area contributed by atoms with Crippen molar-refractivity contribution in [2.75, 3.05) is 43.7 Å². The van der Waals surface area contributed by atoms with Crippen LogP contribution >= 0.6 is 11.6 Å². The summed E-state index contributed by atoms with van der Waals surface area (Å²) in [5.41, 5.74) is 1.92. The van der Waals surface area contributed by atoms with E-state index in [0.717, 1.165) is 36.6 Å². The quantitative estimate of drug-likeness (QED) is 0.593. The lowest BCUT2D eigenvalue weighted by molar-refractivity contribution is -0.137. The number of hydrogen-bond acceptors (Lipinski definition) is 7. The molecule has 0 aliphatic carbocycles. The molecule has 2 saturated heterocycles. The molecular formula is C25H32ClN3O5. The number of nitrogens with zero attached hydrogens (tertiary/aromatic N) is 3. The average molecular weight is 490 g/mol. The Bertz CT molecular complexity index is 989. The first-order valence-electron chi connectivity index (χ1n) is 11.6. The van der Waals surface area contributed by atoms with Gasteiger partial charge in [-0.1, -0.05) is 18.5 Å². The number of pyridine rings is 1. The molecule has 1 aromatic carbocycles. The number of rotatable bonds is 8. The number of carbonyl (C=O) groups is 1. The molecule has 184 valence electrons. The molecule has 2 aliphatic rings. The number of ether oxygens (including phenoxy) is 3. The first kappa shape index (κ1) is 24.4. The van der Waals surface area contributed by atoms with Gasteiger partial charge in [-0.25, -0.2) is 4.98 Å². The lowest BCUT2D eigenvalue weighted by Gasteiger charge is -2.38. The molecule has 1 N–H and O–H groups in total. The van der Waals surface area contributed by atoms with Gasteiger partial charge in [0.25, 0.3) is 0 Å². The van der Waals surface area contributed by atoms with Crippen molar-refractivity contribution in [1.82, 2.24) is 4.98 Å². The van der Waals surface area contributed by atoms with E-state index in [4.69, 9.17) is 25.8 Å². The number of halogens is 1. The molecule has 0 radical (unpaired) electrons. The topological polar surface area (TPSA) is 84.4 Å². The zero-order valence-corrected chi connectivity index (χ0v) is 20.6. The second kappa shape index (κ2) is 10.7. The Labute approximate surface area is 205 Å². The van der Waals surface area contributed by atoms with Crippen molar-refractivity contribution in [2.24, 2.45) is 5.92 Å². The minimum absolute atomic E-state index is 0.0418. The number of benzene rings is 1. The number of aliphatic carboxylic acids is 1. The second-order valence-corrected chi connectivity index (χ2v) is 9.44. The number of piperidine rings is 1. The molecule has 9 heteroatoms.